The van der Waals surface area contributed by atoms with Gasteiger partial charge < -0.3 is 27.2 Å². The van der Waals surface area contributed by atoms with Crippen LogP contribution in [-0.2, 0) is 16.0 Å². The molecule has 176 valence electrons. The Morgan fingerprint density at radius 1 is 1.06 bits per heavy atom. The first-order valence-corrected chi connectivity index (χ1v) is 10.3. The molecule has 0 saturated carbocycles. The monoisotopic (exact) mass is 450 g/mol. The van der Waals surface area contributed by atoms with Gasteiger partial charge in [-0.15, -0.1) is 0 Å². The Morgan fingerprint density at radius 2 is 1.69 bits per heavy atom. The standard InChI is InChI=1S/C23H32F2N4O3/c1-15(24)11-18(16(2)25)13-19(26)14-21(30)28-9-6-10-29-23(32)22(31)20(27)12-17-7-4-3-5-8-17/h3-5,7-8,11,19-20,22,31H,1-2,6,9-10,12-14,26-27H2,(H,28,30)(H,29,32)/b18-11-. The van der Waals surface area contributed by atoms with Crippen molar-refractivity contribution in [1.82, 2.24) is 10.6 Å². The molecule has 0 fully saturated rings. The third-order valence-corrected chi connectivity index (χ3v) is 4.57. The summed E-state index contributed by atoms with van der Waals surface area (Å²) in [6, 6.07) is 7.82. The Kier molecular flexibility index (Phi) is 12.1. The van der Waals surface area contributed by atoms with Crippen LogP contribution in [0.1, 0.15) is 24.8 Å². The van der Waals surface area contributed by atoms with E-state index < -0.39 is 35.7 Å². The summed E-state index contributed by atoms with van der Waals surface area (Å²) in [6.45, 7) is 6.63. The van der Waals surface area contributed by atoms with Gasteiger partial charge in [-0.05, 0) is 36.5 Å². The maximum atomic E-state index is 13.3. The van der Waals surface area contributed by atoms with E-state index in [1.165, 1.54) is 0 Å². The molecule has 0 aliphatic heterocycles. The average Bonchev–Trinajstić information content (AvgIpc) is 2.72. The number of aliphatic hydroxyl groups is 1. The molecule has 0 aliphatic rings. The van der Waals surface area contributed by atoms with Crippen molar-refractivity contribution in [1.29, 1.82) is 0 Å². The van der Waals surface area contributed by atoms with Gasteiger partial charge in [0.25, 0.3) is 0 Å². The van der Waals surface area contributed by atoms with Crippen LogP contribution in [0.4, 0.5) is 8.78 Å². The van der Waals surface area contributed by atoms with Gasteiger partial charge in [-0.2, -0.15) is 0 Å². The Hall–Kier alpha value is -2.88. The fourth-order valence-corrected chi connectivity index (χ4v) is 2.93. The van der Waals surface area contributed by atoms with Gasteiger partial charge in [0.2, 0.25) is 11.8 Å². The number of hydrogen-bond acceptors (Lipinski definition) is 5. The quantitative estimate of drug-likeness (QED) is 0.217. The van der Waals surface area contributed by atoms with E-state index in [0.717, 1.165) is 11.6 Å². The number of aliphatic hydroxyl groups excluding tert-OH is 1. The van der Waals surface area contributed by atoms with Gasteiger partial charge in [0.15, 0.2) is 0 Å². The van der Waals surface area contributed by atoms with Gasteiger partial charge >= 0.3 is 0 Å². The molecule has 0 bridgehead atoms. The van der Waals surface area contributed by atoms with Crippen LogP contribution in [-0.4, -0.2) is 48.2 Å². The summed E-state index contributed by atoms with van der Waals surface area (Å²) in [5, 5.41) is 15.3. The molecule has 1 aromatic rings. The van der Waals surface area contributed by atoms with E-state index in [4.69, 9.17) is 11.5 Å². The van der Waals surface area contributed by atoms with Crippen molar-refractivity contribution in [3.8, 4) is 0 Å². The summed E-state index contributed by atoms with van der Waals surface area (Å²) in [7, 11) is 0. The number of hydrogen-bond donors (Lipinski definition) is 5. The molecule has 32 heavy (non-hydrogen) atoms. The van der Waals surface area contributed by atoms with Gasteiger partial charge in [0.05, 0.1) is 0 Å². The van der Waals surface area contributed by atoms with Crippen molar-refractivity contribution in [3.63, 3.8) is 0 Å². The predicted molar refractivity (Wildman–Crippen MR) is 121 cm³/mol. The minimum absolute atomic E-state index is 0.0513. The molecule has 2 amide bonds. The zero-order valence-corrected chi connectivity index (χ0v) is 18.0. The molecule has 3 atom stereocenters. The van der Waals surface area contributed by atoms with E-state index in [2.05, 4.69) is 23.8 Å². The lowest BCUT2D eigenvalue weighted by molar-refractivity contribution is -0.130. The highest BCUT2D eigenvalue weighted by molar-refractivity contribution is 5.81. The fraction of sp³-hybridized carbons (Fsp3) is 0.391. The summed E-state index contributed by atoms with van der Waals surface area (Å²) < 4.78 is 26.2. The number of rotatable bonds is 14. The van der Waals surface area contributed by atoms with Crippen molar-refractivity contribution in [2.24, 2.45) is 11.5 Å². The average molecular weight is 451 g/mol. The van der Waals surface area contributed by atoms with Crippen LogP contribution in [0.3, 0.4) is 0 Å². The van der Waals surface area contributed by atoms with Crippen LogP contribution in [0.5, 0.6) is 0 Å². The van der Waals surface area contributed by atoms with Crippen LogP contribution < -0.4 is 22.1 Å². The molecule has 0 radical (unpaired) electrons. The minimum atomic E-state index is -1.35. The van der Waals surface area contributed by atoms with Crippen molar-refractivity contribution in [3.05, 3.63) is 72.4 Å². The van der Waals surface area contributed by atoms with Gasteiger partial charge in [-0.3, -0.25) is 9.59 Å². The first-order valence-electron chi connectivity index (χ1n) is 10.3. The molecule has 0 spiro atoms. The number of halogens is 2. The van der Waals surface area contributed by atoms with Crippen LogP contribution in [0.25, 0.3) is 0 Å². The number of allylic oxidation sites excluding steroid dienone is 3. The van der Waals surface area contributed by atoms with Crippen molar-refractivity contribution in [2.45, 2.75) is 43.9 Å². The van der Waals surface area contributed by atoms with Gasteiger partial charge in [0.1, 0.15) is 17.8 Å². The largest absolute Gasteiger partial charge is 0.382 e. The zero-order valence-electron chi connectivity index (χ0n) is 18.0. The van der Waals surface area contributed by atoms with Crippen molar-refractivity contribution < 1.29 is 23.5 Å². The van der Waals surface area contributed by atoms with Gasteiger partial charge in [0, 0.05) is 31.6 Å². The Bertz CT molecular complexity index is 815. The number of carbonyl (C=O) groups excluding carboxylic acids is 2. The van der Waals surface area contributed by atoms with E-state index in [1.807, 2.05) is 30.3 Å². The maximum Gasteiger partial charge on any atom is 0.250 e. The molecule has 7 nitrogen and oxygen atoms in total. The van der Waals surface area contributed by atoms with E-state index in [9.17, 15) is 23.5 Å². The minimum Gasteiger partial charge on any atom is -0.382 e. The fourth-order valence-electron chi connectivity index (χ4n) is 2.93. The highest BCUT2D eigenvalue weighted by atomic mass is 19.1. The van der Waals surface area contributed by atoms with Crippen LogP contribution in [0.15, 0.2) is 66.8 Å². The molecule has 3 unspecified atom stereocenters. The summed E-state index contributed by atoms with van der Waals surface area (Å²) in [4.78, 5) is 24.0. The van der Waals surface area contributed by atoms with Crippen LogP contribution in [0.2, 0.25) is 0 Å². The first-order chi connectivity index (χ1) is 15.1. The number of benzene rings is 1. The number of amides is 2. The summed E-state index contributed by atoms with van der Waals surface area (Å²) in [5.41, 5.74) is 12.6. The van der Waals surface area contributed by atoms with Gasteiger partial charge in [-0.25, -0.2) is 8.78 Å². The molecule has 0 heterocycles. The molecule has 9 heteroatoms. The molecule has 0 aromatic heterocycles. The third kappa shape index (κ3) is 10.9. The molecule has 0 saturated heterocycles. The molecule has 1 rings (SSSR count). The summed E-state index contributed by atoms with van der Waals surface area (Å²) >= 11 is 0. The molecule has 1 aromatic carbocycles. The Balaban J connectivity index is 2.27. The Morgan fingerprint density at radius 3 is 2.28 bits per heavy atom. The normalized spacial score (nSPS) is 14.2. The highest BCUT2D eigenvalue weighted by Crippen LogP contribution is 2.18. The number of nitrogens with one attached hydrogen (secondary N) is 2. The number of carbonyl (C=O) groups is 2. The Labute approximate surface area is 187 Å². The van der Waals surface area contributed by atoms with Crippen molar-refractivity contribution in [2.75, 3.05) is 13.1 Å². The lowest BCUT2D eigenvalue weighted by atomic mass is 10.0. The second-order valence-electron chi connectivity index (χ2n) is 7.48. The van der Waals surface area contributed by atoms with Crippen LogP contribution in [0, 0.1) is 0 Å². The highest BCUT2D eigenvalue weighted by Gasteiger charge is 2.22. The van der Waals surface area contributed by atoms with Crippen molar-refractivity contribution >= 4 is 11.8 Å². The molecular formula is C23H32F2N4O3. The molecular weight excluding hydrogens is 418 g/mol. The second kappa shape index (κ2) is 14.2. The second-order valence-corrected chi connectivity index (χ2v) is 7.48. The summed E-state index contributed by atoms with van der Waals surface area (Å²) in [6.07, 6.45) is 0.157. The van der Waals surface area contributed by atoms with E-state index in [0.29, 0.717) is 12.8 Å². The van der Waals surface area contributed by atoms with E-state index >= 15 is 0 Å². The predicted octanol–water partition coefficient (Wildman–Crippen LogP) is 1.54. The smallest absolute Gasteiger partial charge is 0.250 e. The topological polar surface area (TPSA) is 130 Å². The molecule has 0 aliphatic carbocycles. The maximum absolute atomic E-state index is 13.3. The zero-order chi connectivity index (χ0) is 24.1. The number of nitrogens with two attached hydrogens (primary N) is 2. The lowest BCUT2D eigenvalue weighted by Gasteiger charge is -2.18. The van der Waals surface area contributed by atoms with Gasteiger partial charge in [-0.1, -0.05) is 43.5 Å². The third-order valence-electron chi connectivity index (χ3n) is 4.57. The van der Waals surface area contributed by atoms with Crippen LogP contribution >= 0.6 is 0 Å². The summed E-state index contributed by atoms with van der Waals surface area (Å²) in [5.74, 6) is -2.61. The lowest BCUT2D eigenvalue weighted by Crippen LogP contribution is -2.47. The SMILES string of the molecule is C=C(F)/C=C(/CC(N)CC(=O)NCCCNC(=O)C(O)C(N)Cc1ccccc1)C(=C)F. The first kappa shape index (κ1) is 27.2. The van der Waals surface area contributed by atoms with E-state index in [-0.39, 0.29) is 37.4 Å². The molecule has 7 N–H and O–H groups in total. The van der Waals surface area contributed by atoms with E-state index in [1.54, 1.807) is 0 Å².